The maximum atomic E-state index is 12.8. The maximum absolute atomic E-state index is 12.8. The van der Waals surface area contributed by atoms with E-state index in [1.807, 2.05) is 0 Å². The first-order valence-electron chi connectivity index (χ1n) is 5.78. The van der Waals surface area contributed by atoms with Gasteiger partial charge in [0.1, 0.15) is 0 Å². The molecule has 0 spiro atoms. The first-order valence-corrected chi connectivity index (χ1v) is 6.57. The zero-order valence-electron chi connectivity index (χ0n) is 10.8. The molecule has 0 amide bonds. The van der Waals surface area contributed by atoms with Gasteiger partial charge in [0, 0.05) is 17.1 Å². The zero-order valence-corrected chi connectivity index (χ0v) is 12.4. The zero-order chi connectivity index (χ0) is 15.6. The fraction of sp³-hybridized carbons (Fsp3) is 0.333. The van der Waals surface area contributed by atoms with Crippen LogP contribution in [0.4, 0.5) is 13.2 Å². The van der Waals surface area contributed by atoms with E-state index in [0.717, 1.165) is 6.07 Å². The van der Waals surface area contributed by atoms with Gasteiger partial charge in [0.25, 0.3) is 5.89 Å². The summed E-state index contributed by atoms with van der Waals surface area (Å²) in [6, 6.07) is 3.05. The normalized spacial score (nSPS) is 13.4. The van der Waals surface area contributed by atoms with Gasteiger partial charge in [-0.3, -0.25) is 0 Å². The lowest BCUT2D eigenvalue weighted by molar-refractivity contribution is -0.138. The van der Waals surface area contributed by atoms with Gasteiger partial charge in [0.2, 0.25) is 0 Å². The van der Waals surface area contributed by atoms with Crippen LogP contribution in [-0.2, 0) is 10.9 Å². The van der Waals surface area contributed by atoms with Crippen LogP contribution < -0.4 is 5.73 Å². The van der Waals surface area contributed by atoms with E-state index in [9.17, 15) is 13.2 Å². The molecule has 0 radical (unpaired) electrons. The van der Waals surface area contributed by atoms with Crippen LogP contribution in [0.1, 0.15) is 17.4 Å². The van der Waals surface area contributed by atoms with Gasteiger partial charge >= 0.3 is 6.18 Å². The highest BCUT2D eigenvalue weighted by Crippen LogP contribution is 2.37. The summed E-state index contributed by atoms with van der Waals surface area (Å²) in [5.74, 6) is 0.137. The standard InChI is InChI=1S/C12H11BrF3N3O2/c1-20-5-9(17)10-18-11(21-19-10)6-2-3-8(13)7(4-6)12(14,15)16/h2-4,9H,5,17H2,1H3. The van der Waals surface area contributed by atoms with E-state index in [1.165, 1.54) is 19.2 Å². The summed E-state index contributed by atoms with van der Waals surface area (Å²) < 4.78 is 48.3. The molecule has 1 heterocycles. The molecule has 1 unspecified atom stereocenters. The fourth-order valence-electron chi connectivity index (χ4n) is 1.63. The molecule has 114 valence electrons. The van der Waals surface area contributed by atoms with Crippen molar-refractivity contribution in [1.82, 2.24) is 10.1 Å². The summed E-state index contributed by atoms with van der Waals surface area (Å²) >= 11 is 2.86. The minimum atomic E-state index is -4.48. The molecule has 0 aliphatic carbocycles. The van der Waals surface area contributed by atoms with Crippen LogP contribution in [0.2, 0.25) is 0 Å². The van der Waals surface area contributed by atoms with E-state index in [2.05, 4.69) is 26.1 Å². The molecule has 0 aliphatic heterocycles. The van der Waals surface area contributed by atoms with E-state index in [-0.39, 0.29) is 28.4 Å². The average Bonchev–Trinajstić information content (AvgIpc) is 2.88. The van der Waals surface area contributed by atoms with Crippen molar-refractivity contribution in [2.24, 2.45) is 5.73 Å². The number of nitrogens with zero attached hydrogens (tertiary/aromatic N) is 2. The number of benzene rings is 1. The maximum Gasteiger partial charge on any atom is 0.417 e. The van der Waals surface area contributed by atoms with Crippen molar-refractivity contribution in [3.05, 3.63) is 34.1 Å². The Labute approximate surface area is 126 Å². The number of halogens is 4. The third-order valence-corrected chi connectivity index (χ3v) is 3.33. The lowest BCUT2D eigenvalue weighted by Crippen LogP contribution is -2.17. The van der Waals surface area contributed by atoms with Crippen LogP contribution in [0.5, 0.6) is 0 Å². The van der Waals surface area contributed by atoms with Gasteiger partial charge in [-0.2, -0.15) is 18.2 Å². The number of methoxy groups -OCH3 is 1. The number of alkyl halides is 3. The van der Waals surface area contributed by atoms with Crippen molar-refractivity contribution in [2.75, 3.05) is 13.7 Å². The second-order valence-electron chi connectivity index (χ2n) is 4.21. The molecule has 0 fully saturated rings. The van der Waals surface area contributed by atoms with Crippen molar-refractivity contribution in [3.63, 3.8) is 0 Å². The molecule has 9 heteroatoms. The second kappa shape index (κ2) is 6.12. The van der Waals surface area contributed by atoms with Crippen molar-refractivity contribution in [3.8, 4) is 11.5 Å². The molecule has 21 heavy (non-hydrogen) atoms. The van der Waals surface area contributed by atoms with E-state index in [0.29, 0.717) is 0 Å². The van der Waals surface area contributed by atoms with Crippen LogP contribution in [0.15, 0.2) is 27.2 Å². The van der Waals surface area contributed by atoms with Crippen LogP contribution in [0, 0.1) is 0 Å². The molecule has 0 saturated heterocycles. The Balaban J connectivity index is 2.35. The number of rotatable bonds is 4. The molecule has 0 saturated carbocycles. The van der Waals surface area contributed by atoms with E-state index in [4.69, 9.17) is 15.0 Å². The minimum absolute atomic E-state index is 0.0328. The molecular formula is C12H11BrF3N3O2. The summed E-state index contributed by atoms with van der Waals surface area (Å²) in [6.45, 7) is 0.174. The Morgan fingerprint density at radius 2 is 2.14 bits per heavy atom. The van der Waals surface area contributed by atoms with Crippen molar-refractivity contribution in [2.45, 2.75) is 12.2 Å². The predicted octanol–water partition coefficient (Wildman–Crippen LogP) is 3.16. The van der Waals surface area contributed by atoms with Crippen LogP contribution in [0.25, 0.3) is 11.5 Å². The summed E-state index contributed by atoms with van der Waals surface area (Å²) in [5, 5.41) is 3.64. The highest BCUT2D eigenvalue weighted by Gasteiger charge is 2.33. The molecule has 1 atom stereocenters. The van der Waals surface area contributed by atoms with E-state index in [1.54, 1.807) is 0 Å². The molecule has 0 aliphatic rings. The van der Waals surface area contributed by atoms with Crippen molar-refractivity contribution < 1.29 is 22.4 Å². The molecule has 1 aromatic carbocycles. The molecule has 2 aromatic rings. The van der Waals surface area contributed by atoms with Gasteiger partial charge in [-0.05, 0) is 18.2 Å². The lowest BCUT2D eigenvalue weighted by atomic mass is 10.1. The number of nitrogens with two attached hydrogens (primary N) is 1. The monoisotopic (exact) mass is 365 g/mol. The smallest absolute Gasteiger partial charge is 0.383 e. The van der Waals surface area contributed by atoms with Gasteiger partial charge in [-0.25, -0.2) is 0 Å². The largest absolute Gasteiger partial charge is 0.417 e. The number of hydrogen-bond donors (Lipinski definition) is 1. The third kappa shape index (κ3) is 3.60. The highest BCUT2D eigenvalue weighted by molar-refractivity contribution is 9.10. The highest BCUT2D eigenvalue weighted by atomic mass is 79.9. The molecule has 5 nitrogen and oxygen atoms in total. The second-order valence-corrected chi connectivity index (χ2v) is 5.07. The topological polar surface area (TPSA) is 74.2 Å². The third-order valence-electron chi connectivity index (χ3n) is 2.64. The van der Waals surface area contributed by atoms with Crippen LogP contribution in [-0.4, -0.2) is 23.9 Å². The van der Waals surface area contributed by atoms with Gasteiger partial charge < -0.3 is 15.0 Å². The fourth-order valence-corrected chi connectivity index (χ4v) is 2.10. The number of ether oxygens (including phenoxy) is 1. The predicted molar refractivity (Wildman–Crippen MR) is 71.2 cm³/mol. The number of aromatic nitrogens is 2. The minimum Gasteiger partial charge on any atom is -0.383 e. The molecule has 2 N–H and O–H groups in total. The Morgan fingerprint density at radius 3 is 2.76 bits per heavy atom. The number of hydrogen-bond acceptors (Lipinski definition) is 5. The summed E-state index contributed by atoms with van der Waals surface area (Å²) in [4.78, 5) is 3.99. The first kappa shape index (κ1) is 15.9. The van der Waals surface area contributed by atoms with Crippen LogP contribution in [0.3, 0.4) is 0 Å². The summed E-state index contributed by atoms with van der Waals surface area (Å²) in [5.41, 5.74) is 5.07. The van der Waals surface area contributed by atoms with Gasteiger partial charge in [0.05, 0.1) is 18.2 Å². The Bertz CT molecular complexity index is 630. The molecule has 0 bridgehead atoms. The van der Waals surface area contributed by atoms with E-state index < -0.39 is 17.8 Å². The van der Waals surface area contributed by atoms with Crippen LogP contribution >= 0.6 is 15.9 Å². The first-order chi connectivity index (χ1) is 9.82. The summed E-state index contributed by atoms with van der Waals surface area (Å²) in [7, 11) is 1.46. The lowest BCUT2D eigenvalue weighted by Gasteiger charge is -2.09. The summed E-state index contributed by atoms with van der Waals surface area (Å²) in [6.07, 6.45) is -4.48. The quantitative estimate of drug-likeness (QED) is 0.900. The van der Waals surface area contributed by atoms with Crippen molar-refractivity contribution in [1.29, 1.82) is 0 Å². The Morgan fingerprint density at radius 1 is 1.43 bits per heavy atom. The SMILES string of the molecule is COCC(N)c1noc(-c2ccc(Br)c(C(F)(F)F)c2)n1. The Hall–Kier alpha value is -1.45. The van der Waals surface area contributed by atoms with Gasteiger partial charge in [0.15, 0.2) is 5.82 Å². The van der Waals surface area contributed by atoms with Gasteiger partial charge in [-0.1, -0.05) is 21.1 Å². The van der Waals surface area contributed by atoms with Crippen molar-refractivity contribution >= 4 is 15.9 Å². The molecule has 2 rings (SSSR count). The average molecular weight is 366 g/mol. The Kier molecular flexibility index (Phi) is 4.64. The molecule has 1 aromatic heterocycles. The van der Waals surface area contributed by atoms with E-state index >= 15 is 0 Å². The van der Waals surface area contributed by atoms with Gasteiger partial charge in [-0.15, -0.1) is 0 Å². The molecular weight excluding hydrogens is 355 g/mol.